The fourth-order valence-corrected chi connectivity index (χ4v) is 3.76. The third-order valence-electron chi connectivity index (χ3n) is 6.61. The van der Waals surface area contributed by atoms with Crippen molar-refractivity contribution in [1.82, 2.24) is 4.90 Å². The Bertz CT molecular complexity index is 1050. The first-order valence-corrected chi connectivity index (χ1v) is 18.0. The minimum atomic E-state index is -2.35. The second kappa shape index (κ2) is 36.2. The number of carbonyl (C=O) groups is 1. The number of carbonyl (C=O) groups excluding carboxylic acids is 1. The molecule has 0 heterocycles. The lowest BCUT2D eigenvalue weighted by Crippen LogP contribution is -2.19. The summed E-state index contributed by atoms with van der Waals surface area (Å²) in [6.45, 7) is 10.6. The van der Waals surface area contributed by atoms with Gasteiger partial charge >= 0.3 is 5.97 Å². The molecule has 0 unspecified atom stereocenters. The Labute approximate surface area is 319 Å². The minimum Gasteiger partial charge on any atom is -0.420 e. The lowest BCUT2D eigenvalue weighted by Gasteiger charge is -2.10. The van der Waals surface area contributed by atoms with Gasteiger partial charge in [0.1, 0.15) is 0 Å². The van der Waals surface area contributed by atoms with Gasteiger partial charge in [-0.15, -0.1) is 0 Å². The Balaban J connectivity index is 1.71. The van der Waals surface area contributed by atoms with E-state index in [9.17, 15) is 26.7 Å². The van der Waals surface area contributed by atoms with E-state index in [1.165, 1.54) is 0 Å². The van der Waals surface area contributed by atoms with Crippen molar-refractivity contribution in [2.24, 2.45) is 0 Å². The Kier molecular flexibility index (Phi) is 33.4. The Hall–Kier alpha value is -2.18. The van der Waals surface area contributed by atoms with Crippen molar-refractivity contribution in [3.63, 3.8) is 0 Å². The molecule has 0 spiro atoms. The fraction of sp³-hybridized carbons (Fsp3) is 0.800. The first-order valence-electron chi connectivity index (χ1n) is 18.0. The number of halogens is 5. The standard InChI is InChI=1S/C35H58F5NO14/c1-41(2)4-6-44-8-10-46-12-14-48-16-18-50-20-22-52-24-26-54-28-27-53-25-23-51-21-19-49-17-15-47-13-11-45-9-7-43-5-3-29(42)55-35-33(39)31(37)30(36)32(38)34(35)40/h3-28H2,1-2H3. The average molecular weight is 812 g/mol. The molecule has 1 aromatic carbocycles. The highest BCUT2D eigenvalue weighted by atomic mass is 19.2. The highest BCUT2D eigenvalue weighted by molar-refractivity contribution is 5.72. The topological polar surface area (TPSA) is 140 Å². The maximum atomic E-state index is 13.6. The lowest BCUT2D eigenvalue weighted by molar-refractivity contribution is -0.136. The number of ether oxygens (including phenoxy) is 13. The number of likely N-dealkylation sites (N-methyl/N-ethyl adjacent to an activating group) is 1. The molecule has 0 fully saturated rings. The van der Waals surface area contributed by atoms with Gasteiger partial charge < -0.3 is 66.5 Å². The molecule has 322 valence electrons. The number of hydrogen-bond donors (Lipinski definition) is 0. The molecule has 0 aliphatic carbocycles. The normalized spacial score (nSPS) is 11.6. The number of hydrogen-bond acceptors (Lipinski definition) is 15. The SMILES string of the molecule is CN(C)CCOCCOCCOCCOCCOCCOCCOCCOCCOCCOCCOCCOCCC(=O)Oc1c(F)c(F)c(F)c(F)c1F. The van der Waals surface area contributed by atoms with E-state index in [1.807, 2.05) is 14.1 Å². The van der Waals surface area contributed by atoms with Gasteiger partial charge in [0, 0.05) is 6.54 Å². The molecule has 0 saturated carbocycles. The number of benzene rings is 1. The molecule has 1 aromatic rings. The molecule has 0 saturated heterocycles. The largest absolute Gasteiger partial charge is 0.420 e. The summed E-state index contributed by atoms with van der Waals surface area (Å²) in [5.74, 6) is -14.1. The zero-order valence-corrected chi connectivity index (χ0v) is 31.9. The van der Waals surface area contributed by atoms with Gasteiger partial charge in [0.25, 0.3) is 0 Å². The maximum absolute atomic E-state index is 13.6. The molecule has 0 N–H and O–H groups in total. The van der Waals surface area contributed by atoms with Gasteiger partial charge in [-0.1, -0.05) is 0 Å². The van der Waals surface area contributed by atoms with Crippen LogP contribution in [0.2, 0.25) is 0 Å². The van der Waals surface area contributed by atoms with E-state index in [4.69, 9.17) is 56.8 Å². The first-order chi connectivity index (χ1) is 26.8. The second-order valence-electron chi connectivity index (χ2n) is 11.3. The van der Waals surface area contributed by atoms with Crippen molar-refractivity contribution in [1.29, 1.82) is 0 Å². The van der Waals surface area contributed by atoms with Crippen molar-refractivity contribution in [3.8, 4) is 5.75 Å². The van der Waals surface area contributed by atoms with Crippen LogP contribution in [0.5, 0.6) is 5.75 Å². The Morgan fingerprint density at radius 2 is 0.582 bits per heavy atom. The van der Waals surface area contributed by atoms with Gasteiger partial charge in [0.2, 0.25) is 34.8 Å². The smallest absolute Gasteiger partial charge is 0.313 e. The molecular weight excluding hydrogens is 753 g/mol. The minimum absolute atomic E-state index is 0.0790. The summed E-state index contributed by atoms with van der Waals surface area (Å²) < 4.78 is 136. The first kappa shape index (κ1) is 50.8. The number of nitrogens with zero attached hydrogens (tertiary/aromatic N) is 1. The summed E-state index contributed by atoms with van der Waals surface area (Å²) >= 11 is 0. The third kappa shape index (κ3) is 28.8. The third-order valence-corrected chi connectivity index (χ3v) is 6.61. The van der Waals surface area contributed by atoms with Crippen molar-refractivity contribution >= 4 is 5.97 Å². The molecule has 0 aliphatic heterocycles. The van der Waals surface area contributed by atoms with Crippen molar-refractivity contribution in [2.75, 3.05) is 179 Å². The Morgan fingerprint density at radius 3 is 0.836 bits per heavy atom. The van der Waals surface area contributed by atoms with Crippen LogP contribution in [0, 0.1) is 29.1 Å². The predicted octanol–water partition coefficient (Wildman–Crippen LogP) is 2.44. The monoisotopic (exact) mass is 811 g/mol. The van der Waals surface area contributed by atoms with Crippen LogP contribution in [0.15, 0.2) is 0 Å². The van der Waals surface area contributed by atoms with E-state index in [-0.39, 0.29) is 26.4 Å². The summed E-state index contributed by atoms with van der Waals surface area (Å²) in [4.78, 5) is 13.7. The van der Waals surface area contributed by atoms with Crippen molar-refractivity contribution in [3.05, 3.63) is 29.1 Å². The molecule has 15 nitrogen and oxygen atoms in total. The van der Waals surface area contributed by atoms with E-state index in [2.05, 4.69) is 9.64 Å². The summed E-state index contributed by atoms with van der Waals surface area (Å²) in [6, 6.07) is 0. The average Bonchev–Trinajstić information content (AvgIpc) is 3.17. The molecule has 20 heteroatoms. The van der Waals surface area contributed by atoms with Crippen LogP contribution in [0.3, 0.4) is 0 Å². The molecule has 0 atom stereocenters. The van der Waals surface area contributed by atoms with Crippen LogP contribution >= 0.6 is 0 Å². The quantitative estimate of drug-likeness (QED) is 0.0239. The summed E-state index contributed by atoms with van der Waals surface area (Å²) in [6.07, 6.45) is -0.488. The zero-order chi connectivity index (χ0) is 40.2. The molecule has 1 rings (SSSR count). The van der Waals surface area contributed by atoms with E-state index < -0.39 is 47.2 Å². The molecule has 0 aromatic heterocycles. The molecular formula is C35H58F5NO14. The zero-order valence-electron chi connectivity index (χ0n) is 31.9. The van der Waals surface area contributed by atoms with Crippen LogP contribution < -0.4 is 4.74 Å². The van der Waals surface area contributed by atoms with Crippen molar-refractivity contribution < 1.29 is 88.3 Å². The summed E-state index contributed by atoms with van der Waals surface area (Å²) in [5, 5.41) is 0. The highest BCUT2D eigenvalue weighted by Gasteiger charge is 2.28. The van der Waals surface area contributed by atoms with E-state index >= 15 is 0 Å². The lowest BCUT2D eigenvalue weighted by atomic mass is 10.2. The molecule has 55 heavy (non-hydrogen) atoms. The molecule has 0 radical (unpaired) electrons. The van der Waals surface area contributed by atoms with Crippen LogP contribution in [0.1, 0.15) is 6.42 Å². The van der Waals surface area contributed by atoms with E-state index in [1.54, 1.807) is 0 Å². The van der Waals surface area contributed by atoms with Crippen LogP contribution in [0.4, 0.5) is 22.0 Å². The molecule has 0 amide bonds. The number of esters is 1. The van der Waals surface area contributed by atoms with Crippen LogP contribution in [-0.4, -0.2) is 190 Å². The van der Waals surface area contributed by atoms with E-state index in [0.29, 0.717) is 132 Å². The number of rotatable bonds is 40. The summed E-state index contributed by atoms with van der Waals surface area (Å²) in [5.41, 5.74) is 0. The fourth-order valence-electron chi connectivity index (χ4n) is 3.76. The van der Waals surface area contributed by atoms with Gasteiger partial charge in [-0.05, 0) is 14.1 Å². The van der Waals surface area contributed by atoms with Crippen LogP contribution in [-0.2, 0) is 61.6 Å². The predicted molar refractivity (Wildman–Crippen MR) is 185 cm³/mol. The highest BCUT2D eigenvalue weighted by Crippen LogP contribution is 2.29. The molecule has 0 bridgehead atoms. The second-order valence-corrected chi connectivity index (χ2v) is 11.3. The van der Waals surface area contributed by atoms with Gasteiger partial charge in [-0.3, -0.25) is 4.79 Å². The van der Waals surface area contributed by atoms with Crippen molar-refractivity contribution in [2.45, 2.75) is 6.42 Å². The van der Waals surface area contributed by atoms with Gasteiger partial charge in [0.15, 0.2) is 0 Å². The summed E-state index contributed by atoms with van der Waals surface area (Å²) in [7, 11) is 4.01. The van der Waals surface area contributed by atoms with Gasteiger partial charge in [-0.25, -0.2) is 13.2 Å². The van der Waals surface area contributed by atoms with Gasteiger partial charge in [0.05, 0.1) is 165 Å². The Morgan fingerprint density at radius 1 is 0.364 bits per heavy atom. The van der Waals surface area contributed by atoms with Gasteiger partial charge in [-0.2, -0.15) is 8.78 Å². The maximum Gasteiger partial charge on any atom is 0.313 e. The van der Waals surface area contributed by atoms with E-state index in [0.717, 1.165) is 6.54 Å². The molecule has 0 aliphatic rings. The van der Waals surface area contributed by atoms with Crippen LogP contribution in [0.25, 0.3) is 0 Å².